The molecule has 0 aliphatic rings. The minimum atomic E-state index is -1.00. The molecule has 4 nitrogen and oxygen atoms in total. The van der Waals surface area contributed by atoms with Gasteiger partial charge in [-0.3, -0.25) is 0 Å². The number of hydrogen-bond acceptors (Lipinski definition) is 3. The lowest BCUT2D eigenvalue weighted by Gasteiger charge is -2.06. The minimum Gasteiger partial charge on any atom is -0.478 e. The molecule has 20 heavy (non-hydrogen) atoms. The quantitative estimate of drug-likeness (QED) is 0.859. The van der Waals surface area contributed by atoms with Gasteiger partial charge in [0.15, 0.2) is 0 Å². The number of rotatable bonds is 4. The molecule has 0 aliphatic carbocycles. The van der Waals surface area contributed by atoms with E-state index in [-0.39, 0.29) is 0 Å². The molecule has 0 aromatic heterocycles. The lowest BCUT2D eigenvalue weighted by atomic mass is 10.2. The van der Waals surface area contributed by atoms with Crippen LogP contribution in [0.4, 0.5) is 0 Å². The molecule has 0 atom stereocenters. The van der Waals surface area contributed by atoms with Gasteiger partial charge < -0.3 is 9.84 Å². The molecule has 2 rings (SSSR count). The smallest absolute Gasteiger partial charge is 0.328 e. The van der Waals surface area contributed by atoms with Crippen molar-refractivity contribution < 1.29 is 14.6 Å². The van der Waals surface area contributed by atoms with Gasteiger partial charge in [0.2, 0.25) is 0 Å². The third-order valence-corrected chi connectivity index (χ3v) is 2.48. The summed E-state index contributed by atoms with van der Waals surface area (Å²) in [5, 5.41) is 17.4. The number of aliphatic carboxylic acids is 1. The molecular formula is C16H11NO3. The highest BCUT2D eigenvalue weighted by molar-refractivity contribution is 5.85. The van der Waals surface area contributed by atoms with Crippen LogP contribution in [-0.4, -0.2) is 11.1 Å². The Hall–Kier alpha value is -3.06. The van der Waals surface area contributed by atoms with Crippen LogP contribution in [-0.2, 0) is 4.79 Å². The highest BCUT2D eigenvalue weighted by Gasteiger charge is 1.99. The lowest BCUT2D eigenvalue weighted by molar-refractivity contribution is -0.131. The summed E-state index contributed by atoms with van der Waals surface area (Å²) >= 11 is 0. The van der Waals surface area contributed by atoms with Gasteiger partial charge in [-0.15, -0.1) is 0 Å². The van der Waals surface area contributed by atoms with Gasteiger partial charge in [0, 0.05) is 6.08 Å². The first-order chi connectivity index (χ1) is 9.67. The van der Waals surface area contributed by atoms with Crippen LogP contribution >= 0.6 is 0 Å². The summed E-state index contributed by atoms with van der Waals surface area (Å²) in [6.07, 6.45) is 2.55. The Labute approximate surface area is 116 Å². The average molecular weight is 265 g/mol. The van der Waals surface area contributed by atoms with E-state index in [1.165, 1.54) is 6.08 Å². The summed E-state index contributed by atoms with van der Waals surface area (Å²) in [5.41, 5.74) is 1.24. The van der Waals surface area contributed by atoms with Gasteiger partial charge in [-0.1, -0.05) is 18.2 Å². The van der Waals surface area contributed by atoms with Crippen LogP contribution in [0.25, 0.3) is 6.08 Å². The molecule has 0 heterocycles. The fourth-order valence-corrected chi connectivity index (χ4v) is 1.61. The fourth-order valence-electron chi connectivity index (χ4n) is 1.61. The van der Waals surface area contributed by atoms with Gasteiger partial charge in [0.25, 0.3) is 0 Å². The topological polar surface area (TPSA) is 70.3 Å². The predicted molar refractivity (Wildman–Crippen MR) is 74.3 cm³/mol. The van der Waals surface area contributed by atoms with E-state index >= 15 is 0 Å². The lowest BCUT2D eigenvalue weighted by Crippen LogP contribution is -1.87. The maximum atomic E-state index is 10.5. The van der Waals surface area contributed by atoms with Crippen LogP contribution in [0.5, 0.6) is 11.5 Å². The SMILES string of the molecule is N#Cc1cccc(Oc2cccc(/C=C/C(=O)O)c2)c1. The van der Waals surface area contributed by atoms with Crippen molar-refractivity contribution in [2.75, 3.05) is 0 Å². The van der Waals surface area contributed by atoms with Crippen LogP contribution < -0.4 is 4.74 Å². The number of nitriles is 1. The Morgan fingerprint density at radius 3 is 2.55 bits per heavy atom. The van der Waals surface area contributed by atoms with Crippen molar-refractivity contribution in [2.24, 2.45) is 0 Å². The van der Waals surface area contributed by atoms with Crippen molar-refractivity contribution in [3.63, 3.8) is 0 Å². The number of hydrogen-bond donors (Lipinski definition) is 1. The van der Waals surface area contributed by atoms with Crippen molar-refractivity contribution in [2.45, 2.75) is 0 Å². The highest BCUT2D eigenvalue weighted by Crippen LogP contribution is 2.23. The molecule has 0 radical (unpaired) electrons. The number of carboxylic acid groups (broad SMARTS) is 1. The van der Waals surface area contributed by atoms with Crippen molar-refractivity contribution in [3.8, 4) is 17.6 Å². The number of nitrogens with zero attached hydrogens (tertiary/aromatic N) is 1. The van der Waals surface area contributed by atoms with Crippen molar-refractivity contribution in [1.29, 1.82) is 5.26 Å². The molecule has 0 spiro atoms. The van der Waals surface area contributed by atoms with Crippen LogP contribution in [0.3, 0.4) is 0 Å². The van der Waals surface area contributed by atoms with Gasteiger partial charge >= 0.3 is 5.97 Å². The van der Waals surface area contributed by atoms with Crippen LogP contribution in [0, 0.1) is 11.3 Å². The van der Waals surface area contributed by atoms with Crippen LogP contribution in [0.2, 0.25) is 0 Å². The van der Waals surface area contributed by atoms with Gasteiger partial charge in [0.1, 0.15) is 11.5 Å². The number of carboxylic acids is 1. The first kappa shape index (κ1) is 13.4. The second kappa shape index (κ2) is 6.21. The standard InChI is InChI=1S/C16H11NO3/c17-11-13-4-2-6-15(10-13)20-14-5-1-3-12(9-14)7-8-16(18)19/h1-10H,(H,18,19)/b8-7+. The Morgan fingerprint density at radius 1 is 1.15 bits per heavy atom. The summed E-state index contributed by atoms with van der Waals surface area (Å²) in [6.45, 7) is 0. The predicted octanol–water partition coefficient (Wildman–Crippen LogP) is 3.45. The van der Waals surface area contributed by atoms with Gasteiger partial charge in [-0.2, -0.15) is 5.26 Å². The van der Waals surface area contributed by atoms with Gasteiger partial charge in [0.05, 0.1) is 11.6 Å². The molecule has 0 amide bonds. The van der Waals surface area contributed by atoms with E-state index < -0.39 is 5.97 Å². The normalized spacial score (nSPS) is 10.2. The van der Waals surface area contributed by atoms with E-state index in [1.807, 2.05) is 6.07 Å². The molecule has 0 saturated heterocycles. The Kier molecular flexibility index (Phi) is 4.15. The molecule has 0 saturated carbocycles. The molecular weight excluding hydrogens is 254 g/mol. The molecule has 98 valence electrons. The van der Waals surface area contributed by atoms with E-state index in [1.54, 1.807) is 48.5 Å². The number of benzene rings is 2. The summed E-state index contributed by atoms with van der Waals surface area (Å²) in [7, 11) is 0. The first-order valence-electron chi connectivity index (χ1n) is 5.86. The fraction of sp³-hybridized carbons (Fsp3) is 0. The van der Waals surface area contributed by atoms with Crippen LogP contribution in [0.15, 0.2) is 54.6 Å². The average Bonchev–Trinajstić information content (AvgIpc) is 2.46. The maximum absolute atomic E-state index is 10.5. The minimum absolute atomic E-state index is 0.518. The second-order valence-electron chi connectivity index (χ2n) is 3.99. The van der Waals surface area contributed by atoms with Crippen molar-refractivity contribution in [1.82, 2.24) is 0 Å². The first-order valence-corrected chi connectivity index (χ1v) is 5.86. The van der Waals surface area contributed by atoms with E-state index in [9.17, 15) is 4.79 Å². The Bertz CT molecular complexity index is 699. The number of carbonyl (C=O) groups is 1. The van der Waals surface area contributed by atoms with Gasteiger partial charge in [-0.25, -0.2) is 4.79 Å². The second-order valence-corrected chi connectivity index (χ2v) is 3.99. The summed E-state index contributed by atoms with van der Waals surface area (Å²) in [6, 6.07) is 15.9. The largest absolute Gasteiger partial charge is 0.478 e. The molecule has 0 fully saturated rings. The van der Waals surface area contributed by atoms with Crippen molar-refractivity contribution in [3.05, 3.63) is 65.7 Å². The number of ether oxygens (including phenoxy) is 1. The zero-order chi connectivity index (χ0) is 14.4. The Balaban J connectivity index is 2.19. The monoisotopic (exact) mass is 265 g/mol. The maximum Gasteiger partial charge on any atom is 0.328 e. The third kappa shape index (κ3) is 3.72. The molecule has 1 N–H and O–H groups in total. The molecule has 0 aliphatic heterocycles. The van der Waals surface area contributed by atoms with Crippen molar-refractivity contribution >= 4 is 12.0 Å². The molecule has 2 aromatic rings. The summed E-state index contributed by atoms with van der Waals surface area (Å²) in [5.74, 6) is 0.133. The molecule has 4 heteroatoms. The van der Waals surface area contributed by atoms with Gasteiger partial charge in [-0.05, 0) is 42.0 Å². The zero-order valence-corrected chi connectivity index (χ0v) is 10.5. The van der Waals surface area contributed by atoms with E-state index in [0.29, 0.717) is 17.1 Å². The zero-order valence-electron chi connectivity index (χ0n) is 10.5. The van der Waals surface area contributed by atoms with E-state index in [2.05, 4.69) is 0 Å². The Morgan fingerprint density at radius 2 is 1.85 bits per heavy atom. The van der Waals surface area contributed by atoms with Crippen LogP contribution in [0.1, 0.15) is 11.1 Å². The molecule has 2 aromatic carbocycles. The highest BCUT2D eigenvalue weighted by atomic mass is 16.5. The summed E-state index contributed by atoms with van der Waals surface area (Å²) < 4.78 is 5.64. The molecule has 0 unspecified atom stereocenters. The van der Waals surface area contributed by atoms with E-state index in [4.69, 9.17) is 15.1 Å². The summed E-state index contributed by atoms with van der Waals surface area (Å²) in [4.78, 5) is 10.5. The molecule has 0 bridgehead atoms. The third-order valence-electron chi connectivity index (χ3n) is 2.48. The van der Waals surface area contributed by atoms with E-state index in [0.717, 1.165) is 11.6 Å².